The number of benzene rings is 1. The van der Waals surface area contributed by atoms with Crippen molar-refractivity contribution in [3.05, 3.63) is 34.3 Å². The molecule has 0 spiro atoms. The van der Waals surface area contributed by atoms with Crippen LogP contribution in [0.1, 0.15) is 17.9 Å². The van der Waals surface area contributed by atoms with Gasteiger partial charge in [-0.3, -0.25) is 0 Å². The third kappa shape index (κ3) is 1.82. The Morgan fingerprint density at radius 3 is 2.42 bits per heavy atom. The maximum absolute atomic E-state index is 5.75. The number of rotatable bonds is 1. The zero-order valence-electron chi connectivity index (χ0n) is 6.53. The average molecular weight is 249 g/mol. The Hall–Kier alpha value is -0.0500. The molecule has 3 heteroatoms. The Labute approximate surface area is 86.9 Å². The molecule has 1 nitrogen and oxygen atoms in total. The summed E-state index contributed by atoms with van der Waals surface area (Å²) in [6, 6.07) is 8.70. The molecule has 1 fully saturated rings. The molecule has 66 valence electrons. The molecule has 0 heterocycles. The summed E-state index contributed by atoms with van der Waals surface area (Å²) in [6.07, 6.45) is 1.14. The van der Waals surface area contributed by atoms with Crippen molar-refractivity contribution >= 4 is 28.3 Å². The molecular formula is C9H11BrClN. The maximum atomic E-state index is 5.75. The minimum Gasteiger partial charge on any atom is -0.327 e. The highest BCUT2D eigenvalue weighted by Crippen LogP contribution is 2.41. The van der Waals surface area contributed by atoms with E-state index in [1.165, 1.54) is 10.0 Å². The fourth-order valence-electron chi connectivity index (χ4n) is 1.35. The van der Waals surface area contributed by atoms with Crippen molar-refractivity contribution in [2.45, 2.75) is 18.4 Å². The quantitative estimate of drug-likeness (QED) is 0.812. The van der Waals surface area contributed by atoms with Gasteiger partial charge in [-0.1, -0.05) is 34.1 Å². The van der Waals surface area contributed by atoms with Crippen LogP contribution in [0.25, 0.3) is 0 Å². The molecule has 12 heavy (non-hydrogen) atoms. The van der Waals surface area contributed by atoms with E-state index in [2.05, 4.69) is 34.1 Å². The van der Waals surface area contributed by atoms with Crippen LogP contribution in [-0.4, -0.2) is 6.04 Å². The Bertz CT molecular complexity index is 277. The smallest absolute Gasteiger partial charge is 0.0210 e. The number of hydrogen-bond acceptors (Lipinski definition) is 1. The number of halogens is 2. The van der Waals surface area contributed by atoms with E-state index in [9.17, 15) is 0 Å². The van der Waals surface area contributed by atoms with Crippen molar-refractivity contribution in [1.82, 2.24) is 0 Å². The average Bonchev–Trinajstić information content (AvgIpc) is 2.68. The van der Waals surface area contributed by atoms with Crippen molar-refractivity contribution in [3.63, 3.8) is 0 Å². The zero-order chi connectivity index (χ0) is 7.84. The van der Waals surface area contributed by atoms with Crippen LogP contribution in [-0.2, 0) is 0 Å². The van der Waals surface area contributed by atoms with Gasteiger partial charge in [0, 0.05) is 16.4 Å². The molecular weight excluding hydrogens is 237 g/mol. The summed E-state index contributed by atoms with van der Waals surface area (Å²) < 4.78 is 1.19. The Morgan fingerprint density at radius 2 is 1.92 bits per heavy atom. The van der Waals surface area contributed by atoms with Crippen molar-refractivity contribution in [2.24, 2.45) is 5.73 Å². The van der Waals surface area contributed by atoms with Gasteiger partial charge >= 0.3 is 0 Å². The van der Waals surface area contributed by atoms with Gasteiger partial charge in [0.15, 0.2) is 0 Å². The molecule has 2 N–H and O–H groups in total. The first-order valence-corrected chi connectivity index (χ1v) is 4.58. The standard InChI is InChI=1S/C9H10BrN.ClH/c10-8-4-2-1-3-6(8)7-5-9(7)11;/h1-4,7,9H,5,11H2;1H/t7-,9+;/m0./s1. The fraction of sp³-hybridized carbons (Fsp3) is 0.333. The van der Waals surface area contributed by atoms with E-state index in [-0.39, 0.29) is 12.4 Å². The summed E-state index contributed by atoms with van der Waals surface area (Å²) in [6.45, 7) is 0. The van der Waals surface area contributed by atoms with Crippen LogP contribution in [0.15, 0.2) is 28.7 Å². The lowest BCUT2D eigenvalue weighted by Crippen LogP contribution is -2.01. The summed E-state index contributed by atoms with van der Waals surface area (Å²) in [5, 5.41) is 0. The fourth-order valence-corrected chi connectivity index (χ4v) is 1.93. The molecule has 0 radical (unpaired) electrons. The highest BCUT2D eigenvalue weighted by atomic mass is 79.9. The van der Waals surface area contributed by atoms with Crippen molar-refractivity contribution in [2.75, 3.05) is 0 Å². The van der Waals surface area contributed by atoms with E-state index in [1.54, 1.807) is 0 Å². The van der Waals surface area contributed by atoms with E-state index in [0.29, 0.717) is 12.0 Å². The normalized spacial score (nSPS) is 26.2. The van der Waals surface area contributed by atoms with E-state index in [0.717, 1.165) is 6.42 Å². The van der Waals surface area contributed by atoms with Crippen molar-refractivity contribution < 1.29 is 0 Å². The molecule has 2 rings (SSSR count). The highest BCUT2D eigenvalue weighted by molar-refractivity contribution is 9.10. The largest absolute Gasteiger partial charge is 0.327 e. The van der Waals surface area contributed by atoms with Crippen molar-refractivity contribution in [3.8, 4) is 0 Å². The first kappa shape index (κ1) is 10.0. The van der Waals surface area contributed by atoms with Gasteiger partial charge in [-0.25, -0.2) is 0 Å². The molecule has 1 saturated carbocycles. The van der Waals surface area contributed by atoms with Gasteiger partial charge < -0.3 is 5.73 Å². The lowest BCUT2D eigenvalue weighted by molar-refractivity contribution is 0.986. The molecule has 1 aliphatic carbocycles. The number of hydrogen-bond donors (Lipinski definition) is 1. The van der Waals surface area contributed by atoms with Gasteiger partial charge in [-0.05, 0) is 18.1 Å². The van der Waals surface area contributed by atoms with E-state index in [1.807, 2.05) is 6.07 Å². The van der Waals surface area contributed by atoms with E-state index >= 15 is 0 Å². The van der Waals surface area contributed by atoms with Crippen LogP contribution >= 0.6 is 28.3 Å². The lowest BCUT2D eigenvalue weighted by Gasteiger charge is -2.00. The number of nitrogens with two attached hydrogens (primary N) is 1. The molecule has 2 atom stereocenters. The third-order valence-electron chi connectivity index (χ3n) is 2.14. The van der Waals surface area contributed by atoms with E-state index < -0.39 is 0 Å². The Morgan fingerprint density at radius 1 is 1.33 bits per heavy atom. The van der Waals surface area contributed by atoms with Crippen molar-refractivity contribution in [1.29, 1.82) is 0 Å². The Kier molecular flexibility index (Phi) is 3.16. The summed E-state index contributed by atoms with van der Waals surface area (Å²) >= 11 is 3.51. The Balaban J connectivity index is 0.000000720. The second-order valence-electron chi connectivity index (χ2n) is 3.03. The van der Waals surface area contributed by atoms with Crippen LogP contribution in [0.3, 0.4) is 0 Å². The topological polar surface area (TPSA) is 26.0 Å². The van der Waals surface area contributed by atoms with Crippen LogP contribution in [0.2, 0.25) is 0 Å². The van der Waals surface area contributed by atoms with Gasteiger partial charge in [0.2, 0.25) is 0 Å². The maximum Gasteiger partial charge on any atom is 0.0210 e. The second kappa shape index (κ2) is 3.77. The van der Waals surface area contributed by atoms with Crippen LogP contribution in [0.5, 0.6) is 0 Å². The van der Waals surface area contributed by atoms with Gasteiger partial charge in [0.25, 0.3) is 0 Å². The van der Waals surface area contributed by atoms with Gasteiger partial charge in [-0.2, -0.15) is 0 Å². The summed E-state index contributed by atoms with van der Waals surface area (Å²) in [7, 11) is 0. The molecule has 0 aromatic heterocycles. The SMILES string of the molecule is Cl.N[C@@H]1C[C@H]1c1ccccc1Br. The molecule has 0 saturated heterocycles. The minimum absolute atomic E-state index is 0. The second-order valence-corrected chi connectivity index (χ2v) is 3.88. The van der Waals surface area contributed by atoms with Gasteiger partial charge in [0.05, 0.1) is 0 Å². The highest BCUT2D eigenvalue weighted by Gasteiger charge is 2.35. The van der Waals surface area contributed by atoms with Crippen LogP contribution < -0.4 is 5.73 Å². The minimum atomic E-state index is 0. The van der Waals surface area contributed by atoms with Crippen LogP contribution in [0, 0.1) is 0 Å². The lowest BCUT2D eigenvalue weighted by atomic mass is 10.1. The van der Waals surface area contributed by atoms with Gasteiger partial charge in [-0.15, -0.1) is 12.4 Å². The summed E-state index contributed by atoms with van der Waals surface area (Å²) in [5.41, 5.74) is 7.11. The van der Waals surface area contributed by atoms with Crippen LogP contribution in [0.4, 0.5) is 0 Å². The monoisotopic (exact) mass is 247 g/mol. The molecule has 0 amide bonds. The molecule has 1 aromatic rings. The predicted octanol–water partition coefficient (Wildman–Crippen LogP) is 2.69. The van der Waals surface area contributed by atoms with Gasteiger partial charge in [0.1, 0.15) is 0 Å². The molecule has 1 aliphatic rings. The predicted molar refractivity (Wildman–Crippen MR) is 56.7 cm³/mol. The first-order valence-electron chi connectivity index (χ1n) is 3.79. The summed E-state index contributed by atoms with van der Waals surface area (Å²) in [4.78, 5) is 0. The third-order valence-corrected chi connectivity index (χ3v) is 2.87. The molecule has 1 aromatic carbocycles. The van der Waals surface area contributed by atoms with E-state index in [4.69, 9.17) is 5.73 Å². The zero-order valence-corrected chi connectivity index (χ0v) is 8.94. The molecule has 0 aliphatic heterocycles. The summed E-state index contributed by atoms with van der Waals surface area (Å²) in [5.74, 6) is 0.602. The first-order chi connectivity index (χ1) is 5.29. The molecule has 0 bridgehead atoms. The molecule has 0 unspecified atom stereocenters.